The van der Waals surface area contributed by atoms with Crippen LogP contribution in [-0.4, -0.2) is 91.2 Å². The van der Waals surface area contributed by atoms with Crippen molar-refractivity contribution in [3.8, 4) is 0 Å². The van der Waals surface area contributed by atoms with E-state index < -0.39 is 5.97 Å². The van der Waals surface area contributed by atoms with Crippen molar-refractivity contribution in [2.75, 3.05) is 53.4 Å². The maximum absolute atomic E-state index is 12.0. The maximum Gasteiger partial charge on any atom is 0.317 e. The van der Waals surface area contributed by atoms with E-state index in [1.54, 1.807) is 0 Å². The van der Waals surface area contributed by atoms with Crippen molar-refractivity contribution in [2.24, 2.45) is 0 Å². The van der Waals surface area contributed by atoms with Gasteiger partial charge in [0.15, 0.2) is 0 Å². The number of rotatable bonds is 6. The number of carbonyl (C=O) groups excluding carboxylic acids is 1. The van der Waals surface area contributed by atoms with Gasteiger partial charge in [-0.2, -0.15) is 0 Å². The summed E-state index contributed by atoms with van der Waals surface area (Å²) < 4.78 is 0. The first-order valence-corrected chi connectivity index (χ1v) is 7.07. The van der Waals surface area contributed by atoms with E-state index in [4.69, 9.17) is 5.11 Å². The minimum atomic E-state index is -0.884. The summed E-state index contributed by atoms with van der Waals surface area (Å²) in [5.41, 5.74) is 0. The highest BCUT2D eigenvalue weighted by molar-refractivity contribution is 5.75. The van der Waals surface area contributed by atoms with Crippen molar-refractivity contribution in [1.29, 1.82) is 0 Å². The number of amides is 2. The van der Waals surface area contributed by atoms with Crippen molar-refractivity contribution < 1.29 is 14.7 Å². The zero-order valence-corrected chi connectivity index (χ0v) is 12.6. The van der Waals surface area contributed by atoms with Crippen LogP contribution in [0.4, 0.5) is 4.79 Å². The second-order valence-electron chi connectivity index (χ2n) is 5.31. The van der Waals surface area contributed by atoms with Gasteiger partial charge in [0.05, 0.1) is 6.42 Å². The molecule has 1 unspecified atom stereocenters. The SMILES string of the molecule is CCN(CCC(=O)O)C(=O)NCC1CN(C)CCN1C. The molecule has 0 radical (unpaired) electrons. The van der Waals surface area contributed by atoms with Gasteiger partial charge in [-0.25, -0.2) is 4.79 Å². The predicted octanol–water partition coefficient (Wildman–Crippen LogP) is -0.262. The molecule has 0 saturated carbocycles. The summed E-state index contributed by atoms with van der Waals surface area (Å²) in [6, 6.07) is 0.117. The highest BCUT2D eigenvalue weighted by Crippen LogP contribution is 2.05. The molecule has 7 nitrogen and oxygen atoms in total. The average Bonchev–Trinajstić information content (AvgIpc) is 2.40. The number of hydrogen-bond donors (Lipinski definition) is 2. The Morgan fingerprint density at radius 2 is 2.05 bits per heavy atom. The molecule has 0 spiro atoms. The van der Waals surface area contributed by atoms with Crippen LogP contribution >= 0.6 is 0 Å². The van der Waals surface area contributed by atoms with E-state index in [-0.39, 0.29) is 19.0 Å². The molecule has 1 saturated heterocycles. The number of likely N-dealkylation sites (N-methyl/N-ethyl adjacent to an activating group) is 2. The molecule has 20 heavy (non-hydrogen) atoms. The lowest BCUT2D eigenvalue weighted by Crippen LogP contribution is -2.55. The lowest BCUT2D eigenvalue weighted by atomic mass is 10.2. The summed E-state index contributed by atoms with van der Waals surface area (Å²) in [6.45, 7) is 6.16. The monoisotopic (exact) mass is 286 g/mol. The normalized spacial score (nSPS) is 20.6. The van der Waals surface area contributed by atoms with Crippen molar-refractivity contribution in [3.05, 3.63) is 0 Å². The van der Waals surface area contributed by atoms with Crippen LogP contribution in [0.5, 0.6) is 0 Å². The summed E-state index contributed by atoms with van der Waals surface area (Å²) in [5.74, 6) is -0.884. The zero-order valence-electron chi connectivity index (χ0n) is 12.6. The smallest absolute Gasteiger partial charge is 0.317 e. The zero-order chi connectivity index (χ0) is 15.1. The predicted molar refractivity (Wildman–Crippen MR) is 76.8 cm³/mol. The Hall–Kier alpha value is -1.34. The molecule has 1 aliphatic rings. The van der Waals surface area contributed by atoms with Gasteiger partial charge in [0.2, 0.25) is 0 Å². The van der Waals surface area contributed by atoms with E-state index in [0.29, 0.717) is 19.1 Å². The number of urea groups is 1. The minimum absolute atomic E-state index is 0.0205. The van der Waals surface area contributed by atoms with Gasteiger partial charge in [-0.3, -0.25) is 9.69 Å². The van der Waals surface area contributed by atoms with Crippen molar-refractivity contribution in [2.45, 2.75) is 19.4 Å². The number of nitrogens with one attached hydrogen (secondary N) is 1. The van der Waals surface area contributed by atoms with Crippen LogP contribution in [0.3, 0.4) is 0 Å². The standard InChI is InChI=1S/C13H26N4O3/c1-4-17(6-5-12(18)19)13(20)14-9-11-10-15(2)7-8-16(11)3/h11H,4-10H2,1-3H3,(H,14,20)(H,18,19). The molecule has 1 fully saturated rings. The highest BCUT2D eigenvalue weighted by Gasteiger charge is 2.23. The number of carbonyl (C=O) groups is 2. The Bertz CT molecular complexity index is 338. The molecular weight excluding hydrogens is 260 g/mol. The van der Waals surface area contributed by atoms with Crippen LogP contribution < -0.4 is 5.32 Å². The summed E-state index contributed by atoms with van der Waals surface area (Å²) in [7, 11) is 4.14. The second-order valence-corrected chi connectivity index (χ2v) is 5.31. The Kier molecular flexibility index (Phi) is 6.74. The number of hydrogen-bond acceptors (Lipinski definition) is 4. The summed E-state index contributed by atoms with van der Waals surface area (Å²) in [4.78, 5) is 28.6. The fraction of sp³-hybridized carbons (Fsp3) is 0.846. The third-order valence-corrected chi connectivity index (χ3v) is 3.73. The average molecular weight is 286 g/mol. The molecule has 116 valence electrons. The fourth-order valence-electron chi connectivity index (χ4n) is 2.27. The van der Waals surface area contributed by atoms with Gasteiger partial charge >= 0.3 is 12.0 Å². The molecule has 0 aromatic carbocycles. The third-order valence-electron chi connectivity index (χ3n) is 3.73. The first-order valence-electron chi connectivity index (χ1n) is 7.07. The molecule has 1 aliphatic heterocycles. The summed E-state index contributed by atoms with van der Waals surface area (Å²) in [6.07, 6.45) is -0.0205. The maximum atomic E-state index is 12.0. The van der Waals surface area contributed by atoms with E-state index in [0.717, 1.165) is 19.6 Å². The quantitative estimate of drug-likeness (QED) is 0.703. The number of carboxylic acids is 1. The minimum Gasteiger partial charge on any atom is -0.481 e. The lowest BCUT2D eigenvalue weighted by molar-refractivity contribution is -0.137. The molecule has 0 aromatic rings. The molecule has 1 atom stereocenters. The van der Waals surface area contributed by atoms with Crippen LogP contribution in [0.25, 0.3) is 0 Å². The van der Waals surface area contributed by atoms with Crippen LogP contribution in [0.2, 0.25) is 0 Å². The van der Waals surface area contributed by atoms with Gasteiger partial charge in [0.25, 0.3) is 0 Å². The molecule has 2 N–H and O–H groups in total. The Balaban J connectivity index is 2.38. The molecular formula is C13H26N4O3. The van der Waals surface area contributed by atoms with Gasteiger partial charge in [-0.15, -0.1) is 0 Å². The number of aliphatic carboxylic acids is 1. The molecule has 2 amide bonds. The lowest BCUT2D eigenvalue weighted by Gasteiger charge is -2.38. The second kappa shape index (κ2) is 8.06. The van der Waals surface area contributed by atoms with Crippen LogP contribution in [0.1, 0.15) is 13.3 Å². The van der Waals surface area contributed by atoms with Gasteiger partial charge in [0, 0.05) is 45.3 Å². The number of nitrogens with zero attached hydrogens (tertiary/aromatic N) is 3. The van der Waals surface area contributed by atoms with E-state index in [2.05, 4.69) is 29.2 Å². The molecule has 0 aromatic heterocycles. The topological polar surface area (TPSA) is 76.1 Å². The van der Waals surface area contributed by atoms with Crippen molar-refractivity contribution in [3.63, 3.8) is 0 Å². The van der Waals surface area contributed by atoms with E-state index in [1.165, 1.54) is 4.90 Å². The number of piperazine rings is 1. The van der Waals surface area contributed by atoms with Gasteiger partial charge in [-0.05, 0) is 21.0 Å². The third kappa shape index (κ3) is 5.34. The number of carboxylic acid groups (broad SMARTS) is 1. The fourth-order valence-corrected chi connectivity index (χ4v) is 2.27. The Morgan fingerprint density at radius 3 is 2.65 bits per heavy atom. The molecule has 7 heteroatoms. The van der Waals surface area contributed by atoms with Crippen LogP contribution in [0, 0.1) is 0 Å². The largest absolute Gasteiger partial charge is 0.481 e. The van der Waals surface area contributed by atoms with Gasteiger partial charge in [-0.1, -0.05) is 0 Å². The first kappa shape index (κ1) is 16.7. The first-order chi connectivity index (χ1) is 9.43. The highest BCUT2D eigenvalue weighted by atomic mass is 16.4. The van der Waals surface area contributed by atoms with Gasteiger partial charge in [0.1, 0.15) is 0 Å². The summed E-state index contributed by atoms with van der Waals surface area (Å²) >= 11 is 0. The van der Waals surface area contributed by atoms with E-state index in [1.807, 2.05) is 6.92 Å². The van der Waals surface area contributed by atoms with Crippen molar-refractivity contribution >= 4 is 12.0 Å². The van der Waals surface area contributed by atoms with Crippen LogP contribution in [0.15, 0.2) is 0 Å². The molecule has 0 bridgehead atoms. The molecule has 1 rings (SSSR count). The van der Waals surface area contributed by atoms with Gasteiger partial charge < -0.3 is 20.2 Å². The Labute approximate surface area is 120 Å². The van der Waals surface area contributed by atoms with E-state index >= 15 is 0 Å². The van der Waals surface area contributed by atoms with Crippen LogP contribution in [-0.2, 0) is 4.79 Å². The molecule has 0 aliphatic carbocycles. The van der Waals surface area contributed by atoms with E-state index in [9.17, 15) is 9.59 Å². The Morgan fingerprint density at radius 1 is 1.35 bits per heavy atom. The van der Waals surface area contributed by atoms with Crippen molar-refractivity contribution in [1.82, 2.24) is 20.0 Å². The summed E-state index contributed by atoms with van der Waals surface area (Å²) in [5, 5.41) is 11.6. The molecule has 1 heterocycles.